The molecular weight excluding hydrogens is 379 g/mol. The fraction of sp³-hybridized carbons (Fsp3) is 0.235. The molecule has 0 aliphatic heterocycles. The highest BCUT2D eigenvalue weighted by Crippen LogP contribution is 2.28. The van der Waals surface area contributed by atoms with E-state index in [0.717, 1.165) is 15.8 Å². The van der Waals surface area contributed by atoms with Gasteiger partial charge in [0.1, 0.15) is 11.6 Å². The number of anilines is 1. The van der Waals surface area contributed by atoms with Gasteiger partial charge in [0.25, 0.3) is 0 Å². The summed E-state index contributed by atoms with van der Waals surface area (Å²) in [5.41, 5.74) is 2.27. The Morgan fingerprint density at radius 3 is 2.61 bits per heavy atom. The molecule has 1 atom stereocenters. The highest BCUT2D eigenvalue weighted by Gasteiger charge is 2.10. The Morgan fingerprint density at radius 2 is 2.00 bits per heavy atom. The third-order valence-electron chi connectivity index (χ3n) is 3.45. The van der Waals surface area contributed by atoms with Crippen LogP contribution in [0.1, 0.15) is 24.1 Å². The van der Waals surface area contributed by atoms with Gasteiger partial charge in [0, 0.05) is 5.69 Å². The van der Waals surface area contributed by atoms with E-state index in [9.17, 15) is 4.39 Å². The first-order chi connectivity index (χ1) is 10.9. The predicted octanol–water partition coefficient (Wildman–Crippen LogP) is 4.95. The van der Waals surface area contributed by atoms with Crippen molar-refractivity contribution in [2.45, 2.75) is 19.9 Å². The van der Waals surface area contributed by atoms with Crippen molar-refractivity contribution in [3.8, 4) is 5.75 Å². The van der Waals surface area contributed by atoms with Gasteiger partial charge in [-0.1, -0.05) is 12.1 Å². The molecule has 0 radical (unpaired) electrons. The van der Waals surface area contributed by atoms with E-state index < -0.39 is 0 Å². The number of ether oxygens (including phenoxy) is 1. The maximum atomic E-state index is 13.6. The lowest BCUT2D eigenvalue weighted by molar-refractivity contribution is 0.412. The van der Waals surface area contributed by atoms with Gasteiger partial charge in [-0.25, -0.2) is 4.39 Å². The minimum Gasteiger partial charge on any atom is -0.496 e. The Morgan fingerprint density at radius 1 is 1.26 bits per heavy atom. The first-order valence-electron chi connectivity index (χ1n) is 7.08. The zero-order valence-electron chi connectivity index (χ0n) is 13.1. The van der Waals surface area contributed by atoms with Crippen LogP contribution in [0.15, 0.2) is 40.9 Å². The van der Waals surface area contributed by atoms with Gasteiger partial charge < -0.3 is 15.4 Å². The molecule has 0 aromatic heterocycles. The van der Waals surface area contributed by atoms with Gasteiger partial charge in [0.05, 0.1) is 17.6 Å². The number of hydrogen-bond acceptors (Lipinski definition) is 2. The zero-order chi connectivity index (χ0) is 17.0. The van der Waals surface area contributed by atoms with Crippen LogP contribution in [0.5, 0.6) is 5.75 Å². The molecule has 23 heavy (non-hydrogen) atoms. The highest BCUT2D eigenvalue weighted by molar-refractivity contribution is 9.10. The van der Waals surface area contributed by atoms with E-state index in [1.54, 1.807) is 26.2 Å². The minimum atomic E-state index is -0.259. The SMILES string of the molecule is COc1ccc([C@H](C)NC(=S)Nc2ccc(C)c(F)c2)cc1Br. The van der Waals surface area contributed by atoms with E-state index >= 15 is 0 Å². The molecule has 0 unspecified atom stereocenters. The first-order valence-corrected chi connectivity index (χ1v) is 8.28. The number of benzene rings is 2. The van der Waals surface area contributed by atoms with Gasteiger partial charge in [-0.3, -0.25) is 0 Å². The van der Waals surface area contributed by atoms with Crippen molar-refractivity contribution >= 4 is 38.9 Å². The van der Waals surface area contributed by atoms with E-state index in [4.69, 9.17) is 17.0 Å². The van der Waals surface area contributed by atoms with Gasteiger partial charge in [0.2, 0.25) is 0 Å². The molecule has 0 saturated carbocycles. The molecule has 6 heteroatoms. The van der Waals surface area contributed by atoms with Crippen LogP contribution in [-0.4, -0.2) is 12.2 Å². The third-order valence-corrected chi connectivity index (χ3v) is 4.29. The molecule has 122 valence electrons. The molecule has 0 saturated heterocycles. The Labute approximate surface area is 149 Å². The molecule has 0 spiro atoms. The van der Waals surface area contributed by atoms with Crippen molar-refractivity contribution in [1.29, 1.82) is 0 Å². The largest absolute Gasteiger partial charge is 0.496 e. The smallest absolute Gasteiger partial charge is 0.171 e. The quantitative estimate of drug-likeness (QED) is 0.716. The molecule has 2 rings (SSSR count). The number of methoxy groups -OCH3 is 1. The molecule has 0 aliphatic rings. The molecule has 2 N–H and O–H groups in total. The topological polar surface area (TPSA) is 33.3 Å². The minimum absolute atomic E-state index is 0.00694. The summed E-state index contributed by atoms with van der Waals surface area (Å²) in [4.78, 5) is 0. The van der Waals surface area contributed by atoms with Gasteiger partial charge in [-0.05, 0) is 77.4 Å². The van der Waals surface area contributed by atoms with E-state index in [1.165, 1.54) is 6.07 Å². The normalized spacial score (nSPS) is 11.7. The first kappa shape index (κ1) is 17.7. The number of rotatable bonds is 4. The monoisotopic (exact) mass is 396 g/mol. The lowest BCUT2D eigenvalue weighted by atomic mass is 10.1. The molecular formula is C17H18BrFN2OS. The van der Waals surface area contributed by atoms with Crippen LogP contribution in [0.4, 0.5) is 10.1 Å². The Bertz CT molecular complexity index is 724. The molecule has 0 bridgehead atoms. The fourth-order valence-corrected chi connectivity index (χ4v) is 2.92. The average molecular weight is 397 g/mol. The standard InChI is InChI=1S/C17H18BrFN2OS/c1-10-4-6-13(9-15(10)19)21-17(23)20-11(2)12-5-7-16(22-3)14(18)8-12/h4-9,11H,1-3H3,(H2,20,21,23)/t11-/m0/s1. The van der Waals surface area contributed by atoms with Crippen molar-refractivity contribution in [3.05, 3.63) is 57.8 Å². The lowest BCUT2D eigenvalue weighted by Gasteiger charge is -2.18. The summed E-state index contributed by atoms with van der Waals surface area (Å²) in [6, 6.07) is 10.8. The van der Waals surface area contributed by atoms with Crippen molar-refractivity contribution in [3.63, 3.8) is 0 Å². The second kappa shape index (κ2) is 7.75. The van der Waals surface area contributed by atoms with Crippen LogP contribution >= 0.6 is 28.1 Å². The number of halogens is 2. The van der Waals surface area contributed by atoms with E-state index in [-0.39, 0.29) is 11.9 Å². The van der Waals surface area contributed by atoms with Crippen LogP contribution in [0, 0.1) is 12.7 Å². The molecule has 3 nitrogen and oxygen atoms in total. The van der Waals surface area contributed by atoms with Gasteiger partial charge >= 0.3 is 0 Å². The summed E-state index contributed by atoms with van der Waals surface area (Å²) < 4.78 is 19.7. The van der Waals surface area contributed by atoms with Crippen LogP contribution in [0.2, 0.25) is 0 Å². The third kappa shape index (κ3) is 4.65. The average Bonchev–Trinajstić information content (AvgIpc) is 2.50. The summed E-state index contributed by atoms with van der Waals surface area (Å²) >= 11 is 8.76. The van der Waals surface area contributed by atoms with Gasteiger partial charge in [-0.15, -0.1) is 0 Å². The predicted molar refractivity (Wildman–Crippen MR) is 99.6 cm³/mol. The number of nitrogens with one attached hydrogen (secondary N) is 2. The maximum Gasteiger partial charge on any atom is 0.171 e. The summed E-state index contributed by atoms with van der Waals surface area (Å²) in [5, 5.41) is 6.61. The second-order valence-corrected chi connectivity index (χ2v) is 6.44. The summed E-state index contributed by atoms with van der Waals surface area (Å²) in [6.45, 7) is 3.72. The number of hydrogen-bond donors (Lipinski definition) is 2. The van der Waals surface area contributed by atoms with E-state index in [2.05, 4.69) is 26.6 Å². The molecule has 0 aliphatic carbocycles. The molecule has 0 fully saturated rings. The second-order valence-electron chi connectivity index (χ2n) is 5.18. The van der Waals surface area contributed by atoms with Crippen LogP contribution in [0.25, 0.3) is 0 Å². The van der Waals surface area contributed by atoms with E-state index in [1.807, 2.05) is 25.1 Å². The van der Waals surface area contributed by atoms with Gasteiger partial charge in [0.15, 0.2) is 5.11 Å². The van der Waals surface area contributed by atoms with E-state index in [0.29, 0.717) is 16.4 Å². The van der Waals surface area contributed by atoms with Crippen LogP contribution in [-0.2, 0) is 0 Å². The van der Waals surface area contributed by atoms with Crippen molar-refractivity contribution < 1.29 is 9.13 Å². The van der Waals surface area contributed by atoms with Crippen LogP contribution < -0.4 is 15.4 Å². The molecule has 2 aromatic carbocycles. The molecule has 0 heterocycles. The summed E-state index contributed by atoms with van der Waals surface area (Å²) in [6.07, 6.45) is 0. The Kier molecular flexibility index (Phi) is 5.96. The number of thiocarbonyl (C=S) groups is 1. The Balaban J connectivity index is 2.01. The zero-order valence-corrected chi connectivity index (χ0v) is 15.5. The Hall–Kier alpha value is -1.66. The molecule has 2 aromatic rings. The van der Waals surface area contributed by atoms with Gasteiger partial charge in [-0.2, -0.15) is 0 Å². The summed E-state index contributed by atoms with van der Waals surface area (Å²) in [5.74, 6) is 0.515. The van der Waals surface area contributed by atoms with Crippen molar-refractivity contribution in [1.82, 2.24) is 5.32 Å². The van der Waals surface area contributed by atoms with Crippen LogP contribution in [0.3, 0.4) is 0 Å². The fourth-order valence-electron chi connectivity index (χ4n) is 2.07. The molecule has 0 amide bonds. The lowest BCUT2D eigenvalue weighted by Crippen LogP contribution is -2.30. The number of aryl methyl sites for hydroxylation is 1. The highest BCUT2D eigenvalue weighted by atomic mass is 79.9. The maximum absolute atomic E-state index is 13.6. The van der Waals surface area contributed by atoms with Crippen molar-refractivity contribution in [2.24, 2.45) is 0 Å². The van der Waals surface area contributed by atoms with Crippen molar-refractivity contribution in [2.75, 3.05) is 12.4 Å². The summed E-state index contributed by atoms with van der Waals surface area (Å²) in [7, 11) is 1.63.